The van der Waals surface area contributed by atoms with E-state index in [4.69, 9.17) is 4.74 Å². The Hall–Kier alpha value is -2.73. The zero-order chi connectivity index (χ0) is 21.3. The van der Waals surface area contributed by atoms with E-state index in [-0.39, 0.29) is 17.6 Å². The van der Waals surface area contributed by atoms with Gasteiger partial charge in [-0.3, -0.25) is 19.4 Å². The molecule has 5 nitrogen and oxygen atoms in total. The molecule has 154 valence electrons. The van der Waals surface area contributed by atoms with Gasteiger partial charge in [-0.1, -0.05) is 24.3 Å². The molecule has 5 rings (SSSR count). The first-order valence-corrected chi connectivity index (χ1v) is 11.2. The Balaban J connectivity index is 1.83. The van der Waals surface area contributed by atoms with Gasteiger partial charge in [-0.05, 0) is 57.5 Å². The van der Waals surface area contributed by atoms with E-state index < -0.39 is 10.4 Å². The van der Waals surface area contributed by atoms with Crippen LogP contribution in [0.25, 0.3) is 5.57 Å². The molecule has 0 saturated carbocycles. The van der Waals surface area contributed by atoms with E-state index in [2.05, 4.69) is 13.0 Å². The van der Waals surface area contributed by atoms with Crippen LogP contribution in [-0.4, -0.2) is 29.7 Å². The summed E-state index contributed by atoms with van der Waals surface area (Å²) in [5.74, 6) is 0.855. The van der Waals surface area contributed by atoms with Crippen LogP contribution in [0.1, 0.15) is 38.8 Å². The Morgan fingerprint density at radius 1 is 1.10 bits per heavy atom. The van der Waals surface area contributed by atoms with Gasteiger partial charge in [0.15, 0.2) is 0 Å². The third kappa shape index (κ3) is 2.37. The minimum atomic E-state index is -1.12. The molecule has 1 atom stereocenters. The summed E-state index contributed by atoms with van der Waals surface area (Å²) in [6, 6.07) is 13.5. The number of thioether (sulfide) groups is 1. The molecule has 0 bridgehead atoms. The highest BCUT2D eigenvalue weighted by molar-refractivity contribution is 8.02. The number of benzene rings is 2. The zero-order valence-corrected chi connectivity index (χ0v) is 18.4. The number of fused-ring (bicyclic) bond motifs is 1. The number of nitrogens with zero attached hydrogens (tertiary/aromatic N) is 2. The number of hydrogen-bond donors (Lipinski definition) is 0. The van der Waals surface area contributed by atoms with Crippen molar-refractivity contribution in [1.29, 1.82) is 0 Å². The standard InChI is InChI=1S/C24H24N2O3S/c1-5-29-17-11-18-15(2)13-23(3,4)26-21(18)19(12-17)24(22(26)28)25(20(27)14-30-24)16-9-7-6-8-10-16/h6-13H,5,14H2,1-4H3/t24-/m0/s1. The molecule has 3 aliphatic rings. The molecule has 0 radical (unpaired) electrons. The molecule has 30 heavy (non-hydrogen) atoms. The van der Waals surface area contributed by atoms with Crippen molar-refractivity contribution in [3.8, 4) is 5.75 Å². The first kappa shape index (κ1) is 19.2. The smallest absolute Gasteiger partial charge is 0.269 e. The van der Waals surface area contributed by atoms with Gasteiger partial charge in [0, 0.05) is 16.8 Å². The number of carbonyl (C=O) groups is 2. The average molecular weight is 421 g/mol. The summed E-state index contributed by atoms with van der Waals surface area (Å²) in [4.78, 5) is 29.7. The Morgan fingerprint density at radius 2 is 1.83 bits per heavy atom. The molecule has 3 heterocycles. The van der Waals surface area contributed by atoms with Crippen LogP contribution in [0.3, 0.4) is 0 Å². The van der Waals surface area contributed by atoms with E-state index >= 15 is 0 Å². The molecule has 1 spiro atoms. The highest BCUT2D eigenvalue weighted by atomic mass is 32.2. The average Bonchev–Trinajstić information content (AvgIpc) is 3.18. The predicted molar refractivity (Wildman–Crippen MR) is 121 cm³/mol. The first-order chi connectivity index (χ1) is 14.3. The highest BCUT2D eigenvalue weighted by Crippen LogP contribution is 2.60. The van der Waals surface area contributed by atoms with Gasteiger partial charge in [-0.25, -0.2) is 0 Å². The van der Waals surface area contributed by atoms with Crippen molar-refractivity contribution in [3.05, 3.63) is 59.7 Å². The summed E-state index contributed by atoms with van der Waals surface area (Å²) in [6.07, 6.45) is 2.13. The summed E-state index contributed by atoms with van der Waals surface area (Å²) < 4.78 is 5.87. The van der Waals surface area contributed by atoms with E-state index in [1.165, 1.54) is 11.8 Å². The molecule has 6 heteroatoms. The molecule has 1 saturated heterocycles. The van der Waals surface area contributed by atoms with Gasteiger partial charge in [0.2, 0.25) is 10.8 Å². The number of carbonyl (C=O) groups excluding carboxylic acids is 2. The second-order valence-corrected chi connectivity index (χ2v) is 9.59. The van der Waals surface area contributed by atoms with Gasteiger partial charge in [-0.2, -0.15) is 0 Å². The molecule has 3 aliphatic heterocycles. The minimum absolute atomic E-state index is 0.0579. The van der Waals surface area contributed by atoms with Crippen LogP contribution in [0.15, 0.2) is 48.5 Å². The van der Waals surface area contributed by atoms with E-state index in [1.54, 1.807) is 4.90 Å². The van der Waals surface area contributed by atoms with Crippen molar-refractivity contribution in [1.82, 2.24) is 0 Å². The molecular weight excluding hydrogens is 396 g/mol. The molecule has 2 aromatic rings. The quantitative estimate of drug-likeness (QED) is 0.730. The Morgan fingerprint density at radius 3 is 2.53 bits per heavy atom. The maximum Gasteiger partial charge on any atom is 0.269 e. The molecule has 0 N–H and O–H groups in total. The van der Waals surface area contributed by atoms with Crippen molar-refractivity contribution >= 4 is 40.5 Å². The lowest BCUT2D eigenvalue weighted by atomic mass is 9.89. The van der Waals surface area contributed by atoms with Crippen molar-refractivity contribution in [3.63, 3.8) is 0 Å². The Kier molecular flexibility index (Phi) is 4.09. The normalized spacial score (nSPS) is 23.8. The monoisotopic (exact) mass is 420 g/mol. The number of hydrogen-bond acceptors (Lipinski definition) is 4. The van der Waals surface area contributed by atoms with Crippen LogP contribution in [0, 0.1) is 0 Å². The molecule has 2 aromatic carbocycles. The molecular formula is C24H24N2O3S. The van der Waals surface area contributed by atoms with Gasteiger partial charge >= 0.3 is 0 Å². The molecule has 0 unspecified atom stereocenters. The Labute approximate surface area is 180 Å². The van der Waals surface area contributed by atoms with Crippen LogP contribution >= 0.6 is 11.8 Å². The molecule has 0 aromatic heterocycles. The number of ether oxygens (including phenoxy) is 1. The lowest BCUT2D eigenvalue weighted by Gasteiger charge is -2.40. The minimum Gasteiger partial charge on any atom is -0.494 e. The van der Waals surface area contributed by atoms with Crippen LogP contribution in [-0.2, 0) is 14.5 Å². The van der Waals surface area contributed by atoms with Gasteiger partial charge < -0.3 is 4.74 Å². The van der Waals surface area contributed by atoms with Crippen LogP contribution in [0.2, 0.25) is 0 Å². The summed E-state index contributed by atoms with van der Waals surface area (Å²) in [5.41, 5.74) is 4.09. The summed E-state index contributed by atoms with van der Waals surface area (Å²) >= 11 is 1.40. The second kappa shape index (κ2) is 6.38. The van der Waals surface area contributed by atoms with Crippen LogP contribution in [0.4, 0.5) is 11.4 Å². The van der Waals surface area contributed by atoms with E-state index in [0.29, 0.717) is 6.61 Å². The maximum absolute atomic E-state index is 14.2. The van der Waals surface area contributed by atoms with E-state index in [9.17, 15) is 9.59 Å². The third-order valence-electron chi connectivity index (χ3n) is 6.03. The summed E-state index contributed by atoms with van der Waals surface area (Å²) in [6.45, 7) is 8.64. The number of allylic oxidation sites excluding steroid dienone is 1. The van der Waals surface area contributed by atoms with Crippen LogP contribution < -0.4 is 14.5 Å². The number of para-hydroxylation sites is 1. The molecule has 0 aliphatic carbocycles. The van der Waals surface area contributed by atoms with Gasteiger partial charge in [-0.15, -0.1) is 11.8 Å². The zero-order valence-electron chi connectivity index (χ0n) is 17.6. The topological polar surface area (TPSA) is 49.9 Å². The van der Waals surface area contributed by atoms with Crippen molar-refractivity contribution in [2.24, 2.45) is 0 Å². The Bertz CT molecular complexity index is 1110. The van der Waals surface area contributed by atoms with E-state index in [0.717, 1.165) is 33.8 Å². The molecule has 1 fully saturated rings. The molecule has 2 amide bonds. The van der Waals surface area contributed by atoms with Crippen molar-refractivity contribution in [2.45, 2.75) is 38.1 Å². The summed E-state index contributed by atoms with van der Waals surface area (Å²) in [5, 5.41) is 0. The van der Waals surface area contributed by atoms with Crippen LogP contribution in [0.5, 0.6) is 5.75 Å². The fourth-order valence-electron chi connectivity index (χ4n) is 4.98. The SMILES string of the molecule is CCOc1cc2c3c(c1)[C@]1(SCC(=O)N1c1ccccc1)C(=O)N3C(C)(C)C=C2C. The predicted octanol–water partition coefficient (Wildman–Crippen LogP) is 4.56. The van der Waals surface area contributed by atoms with Gasteiger partial charge in [0.1, 0.15) is 5.75 Å². The first-order valence-electron chi connectivity index (χ1n) is 10.2. The van der Waals surface area contributed by atoms with Crippen molar-refractivity contribution in [2.75, 3.05) is 22.2 Å². The van der Waals surface area contributed by atoms with Gasteiger partial charge in [0.05, 0.1) is 23.6 Å². The summed E-state index contributed by atoms with van der Waals surface area (Å²) in [7, 11) is 0. The fourth-order valence-corrected chi connectivity index (χ4v) is 6.30. The third-order valence-corrected chi connectivity index (χ3v) is 7.42. The fraction of sp³-hybridized carbons (Fsp3) is 0.333. The van der Waals surface area contributed by atoms with E-state index in [1.807, 2.05) is 68.1 Å². The number of anilines is 2. The second-order valence-electron chi connectivity index (χ2n) is 8.42. The highest BCUT2D eigenvalue weighted by Gasteiger charge is 2.64. The number of amides is 2. The lowest BCUT2D eigenvalue weighted by Crippen LogP contribution is -2.54. The largest absolute Gasteiger partial charge is 0.494 e. The lowest BCUT2D eigenvalue weighted by molar-refractivity contribution is -0.124. The van der Waals surface area contributed by atoms with Crippen molar-refractivity contribution < 1.29 is 14.3 Å². The van der Waals surface area contributed by atoms with Gasteiger partial charge in [0.25, 0.3) is 5.91 Å². The number of rotatable bonds is 3. The maximum atomic E-state index is 14.2.